The summed E-state index contributed by atoms with van der Waals surface area (Å²) in [6.07, 6.45) is 6.08. The molecule has 4 rings (SSSR count). The maximum atomic E-state index is 14.8. The molecule has 0 spiro atoms. The summed E-state index contributed by atoms with van der Waals surface area (Å²) in [6, 6.07) is 3.91. The summed E-state index contributed by atoms with van der Waals surface area (Å²) in [5.41, 5.74) is 4.84. The van der Waals surface area contributed by atoms with Gasteiger partial charge in [-0.25, -0.2) is 27.2 Å². The van der Waals surface area contributed by atoms with Crippen molar-refractivity contribution in [2.75, 3.05) is 12.4 Å². The van der Waals surface area contributed by atoms with E-state index < -0.39 is 37.5 Å². The van der Waals surface area contributed by atoms with E-state index in [0.717, 1.165) is 18.9 Å². The Balaban J connectivity index is 1.62. The number of benzene rings is 1. The van der Waals surface area contributed by atoms with Gasteiger partial charge in [-0.2, -0.15) is 0 Å². The molecule has 1 unspecified atom stereocenters. The molecule has 1 atom stereocenters. The first-order chi connectivity index (χ1) is 15.4. The number of rotatable bonds is 6. The summed E-state index contributed by atoms with van der Waals surface area (Å²) in [6.45, 7) is 5.01. The summed E-state index contributed by atoms with van der Waals surface area (Å²) < 4.78 is 59.3. The Bertz CT molecular complexity index is 1240. The van der Waals surface area contributed by atoms with Gasteiger partial charge in [0.25, 0.3) is 0 Å². The topological polar surface area (TPSA) is 108 Å². The minimum absolute atomic E-state index is 0.00452. The van der Waals surface area contributed by atoms with Crippen LogP contribution in [0.1, 0.15) is 50.4 Å². The minimum Gasteiger partial charge on any atom is -0.476 e. The number of hydrogen-bond donors (Lipinski definition) is 1. The number of amidine groups is 1. The van der Waals surface area contributed by atoms with Gasteiger partial charge < -0.3 is 10.5 Å². The molecule has 2 aromatic rings. The maximum absolute atomic E-state index is 14.8. The van der Waals surface area contributed by atoms with Gasteiger partial charge in [0.2, 0.25) is 5.88 Å². The number of aliphatic imine (C=N–C) groups is 1. The van der Waals surface area contributed by atoms with Crippen molar-refractivity contribution in [3.05, 3.63) is 53.2 Å². The van der Waals surface area contributed by atoms with Crippen molar-refractivity contribution in [3.8, 4) is 5.88 Å². The molecule has 2 heterocycles. The molecule has 7 nitrogen and oxygen atoms in total. The van der Waals surface area contributed by atoms with Crippen molar-refractivity contribution in [3.63, 3.8) is 0 Å². The monoisotopic (exact) mass is 476 g/mol. The van der Waals surface area contributed by atoms with Crippen molar-refractivity contribution in [2.24, 2.45) is 16.6 Å². The first kappa shape index (κ1) is 23.3. The fourth-order valence-corrected chi connectivity index (χ4v) is 5.23. The fourth-order valence-electron chi connectivity index (χ4n) is 3.55. The van der Waals surface area contributed by atoms with E-state index in [0.29, 0.717) is 24.0 Å². The molecule has 0 amide bonds. The second-order valence-corrected chi connectivity index (χ2v) is 11.8. The van der Waals surface area contributed by atoms with Crippen LogP contribution >= 0.6 is 0 Å². The van der Waals surface area contributed by atoms with Crippen LogP contribution in [0, 0.1) is 11.7 Å². The largest absolute Gasteiger partial charge is 0.476 e. The van der Waals surface area contributed by atoms with Crippen molar-refractivity contribution in [1.82, 2.24) is 9.97 Å². The Morgan fingerprint density at radius 3 is 2.58 bits per heavy atom. The van der Waals surface area contributed by atoms with E-state index >= 15 is 0 Å². The molecule has 1 fully saturated rings. The lowest BCUT2D eigenvalue weighted by atomic mass is 9.91. The molecule has 1 aromatic carbocycles. The van der Waals surface area contributed by atoms with E-state index in [-0.39, 0.29) is 17.1 Å². The Labute approximate surface area is 191 Å². The lowest BCUT2D eigenvalue weighted by Gasteiger charge is -2.38. The van der Waals surface area contributed by atoms with E-state index in [1.165, 1.54) is 51.4 Å². The van der Waals surface area contributed by atoms with E-state index in [1.807, 2.05) is 0 Å². The summed E-state index contributed by atoms with van der Waals surface area (Å²) in [7, 11) is -3.71. The van der Waals surface area contributed by atoms with Crippen molar-refractivity contribution < 1.29 is 21.9 Å². The average Bonchev–Trinajstić information content (AvgIpc) is 3.57. The first-order valence-corrected chi connectivity index (χ1v) is 12.3. The highest BCUT2D eigenvalue weighted by Gasteiger charge is 2.49. The van der Waals surface area contributed by atoms with Gasteiger partial charge in [-0.15, -0.1) is 0 Å². The zero-order chi connectivity index (χ0) is 24.0. The van der Waals surface area contributed by atoms with Crippen LogP contribution < -0.4 is 10.5 Å². The molecule has 10 heteroatoms. The standard InChI is InChI=1S/C23H26F2N4O3S/c1-22(2)21(26)29-23(3,13-33(22,30)31)16-8-15(6-7-17(16)24)9-18(25)19-10-28-20(11-27-19)32-12-14-4-5-14/h6-11,14H,4-5,12-13H2,1-3H3,(H2,26,29). The van der Waals surface area contributed by atoms with Crippen LogP contribution in [0.3, 0.4) is 0 Å². The van der Waals surface area contributed by atoms with E-state index in [4.69, 9.17) is 10.5 Å². The zero-order valence-electron chi connectivity index (χ0n) is 18.7. The zero-order valence-corrected chi connectivity index (χ0v) is 19.5. The fraction of sp³-hybridized carbons (Fsp3) is 0.435. The Hall–Kier alpha value is -2.88. The molecule has 1 saturated carbocycles. The van der Waals surface area contributed by atoms with Gasteiger partial charge in [-0.05, 0) is 63.3 Å². The minimum atomic E-state index is -3.71. The van der Waals surface area contributed by atoms with E-state index in [2.05, 4.69) is 15.0 Å². The Kier molecular flexibility index (Phi) is 5.76. The van der Waals surface area contributed by atoms with Gasteiger partial charge >= 0.3 is 0 Å². The number of hydrogen-bond acceptors (Lipinski definition) is 7. The van der Waals surface area contributed by atoms with Crippen LogP contribution in [0.15, 0.2) is 35.6 Å². The molecule has 176 valence electrons. The summed E-state index contributed by atoms with van der Waals surface area (Å²) in [5, 5.41) is 0. The second kappa shape index (κ2) is 8.16. The van der Waals surface area contributed by atoms with E-state index in [1.54, 1.807) is 0 Å². The first-order valence-electron chi connectivity index (χ1n) is 10.6. The highest BCUT2D eigenvalue weighted by molar-refractivity contribution is 7.93. The van der Waals surface area contributed by atoms with Crippen LogP contribution in [0.4, 0.5) is 8.78 Å². The van der Waals surface area contributed by atoms with Crippen molar-refractivity contribution >= 4 is 27.6 Å². The SMILES string of the molecule is CC1(c2cc(C=C(F)c3cnc(OCC4CC4)cn3)ccc2F)CS(=O)(=O)C(C)(C)C(N)=N1. The molecule has 0 radical (unpaired) electrons. The molecular weight excluding hydrogens is 450 g/mol. The maximum Gasteiger partial charge on any atom is 0.232 e. The number of sulfone groups is 1. The van der Waals surface area contributed by atoms with Crippen LogP contribution in [0.25, 0.3) is 11.9 Å². The molecule has 0 bridgehead atoms. The predicted molar refractivity (Wildman–Crippen MR) is 122 cm³/mol. The van der Waals surface area contributed by atoms with Crippen LogP contribution in [-0.4, -0.2) is 41.3 Å². The van der Waals surface area contributed by atoms with Crippen LogP contribution in [-0.2, 0) is 15.4 Å². The van der Waals surface area contributed by atoms with Crippen molar-refractivity contribution in [2.45, 2.75) is 43.9 Å². The highest BCUT2D eigenvalue weighted by atomic mass is 32.2. The molecule has 33 heavy (non-hydrogen) atoms. The summed E-state index contributed by atoms with van der Waals surface area (Å²) in [4.78, 5) is 12.5. The molecule has 1 aliphatic heterocycles. The third-order valence-electron chi connectivity index (χ3n) is 6.13. The summed E-state index contributed by atoms with van der Waals surface area (Å²) in [5.74, 6) is -0.969. The molecule has 2 aliphatic rings. The van der Waals surface area contributed by atoms with Crippen LogP contribution in [0.5, 0.6) is 5.88 Å². The molecule has 1 aromatic heterocycles. The lowest BCUT2D eigenvalue weighted by Crippen LogP contribution is -2.55. The van der Waals surface area contributed by atoms with E-state index in [9.17, 15) is 17.2 Å². The molecule has 2 N–H and O–H groups in total. The third kappa shape index (κ3) is 4.62. The van der Waals surface area contributed by atoms with Crippen molar-refractivity contribution in [1.29, 1.82) is 0 Å². The Morgan fingerprint density at radius 2 is 1.97 bits per heavy atom. The smallest absolute Gasteiger partial charge is 0.232 e. The molecular formula is C23H26F2N4O3S. The van der Waals surface area contributed by atoms with Gasteiger partial charge in [0.05, 0.1) is 24.8 Å². The number of halogens is 2. The molecule has 1 aliphatic carbocycles. The highest BCUT2D eigenvalue weighted by Crippen LogP contribution is 2.38. The third-order valence-corrected chi connectivity index (χ3v) is 8.84. The number of nitrogens with zero attached hydrogens (tertiary/aromatic N) is 3. The normalized spacial score (nSPS) is 24.3. The second-order valence-electron chi connectivity index (χ2n) is 9.27. The van der Waals surface area contributed by atoms with Gasteiger partial charge in [0.15, 0.2) is 15.7 Å². The number of nitrogens with two attached hydrogens (primary N) is 1. The van der Waals surface area contributed by atoms with Gasteiger partial charge in [-0.1, -0.05) is 6.07 Å². The number of aromatic nitrogens is 2. The summed E-state index contributed by atoms with van der Waals surface area (Å²) >= 11 is 0. The van der Waals surface area contributed by atoms with Gasteiger partial charge in [0, 0.05) is 5.56 Å². The average molecular weight is 477 g/mol. The van der Waals surface area contributed by atoms with Gasteiger partial charge in [-0.3, -0.25) is 4.99 Å². The quantitative estimate of drug-likeness (QED) is 0.682. The Morgan fingerprint density at radius 1 is 1.24 bits per heavy atom. The predicted octanol–water partition coefficient (Wildman–Crippen LogP) is 3.65. The van der Waals surface area contributed by atoms with Crippen LogP contribution in [0.2, 0.25) is 0 Å². The number of ether oxygens (including phenoxy) is 1. The van der Waals surface area contributed by atoms with Gasteiger partial charge in [0.1, 0.15) is 27.6 Å². The molecule has 0 saturated heterocycles. The lowest BCUT2D eigenvalue weighted by molar-refractivity contribution is 0.287.